The standard InChI is InChI=1S/C12H13N/c1-3-4-5-6-11-7-9-12(13-2)10-8-11/h3-4,7-10,13H,1-2H3/b4-3+. The van der Waals surface area contributed by atoms with E-state index in [4.69, 9.17) is 0 Å². The third-order valence-corrected chi connectivity index (χ3v) is 1.64. The second-order valence-electron chi connectivity index (χ2n) is 2.60. The van der Waals surface area contributed by atoms with Gasteiger partial charge in [0.05, 0.1) is 0 Å². The lowest BCUT2D eigenvalue weighted by molar-refractivity contribution is 1.50. The van der Waals surface area contributed by atoms with E-state index in [9.17, 15) is 0 Å². The molecule has 0 saturated carbocycles. The topological polar surface area (TPSA) is 12.0 Å². The molecule has 0 atom stereocenters. The first-order valence-corrected chi connectivity index (χ1v) is 4.27. The van der Waals surface area contributed by atoms with E-state index in [-0.39, 0.29) is 0 Å². The second-order valence-corrected chi connectivity index (χ2v) is 2.60. The summed E-state index contributed by atoms with van der Waals surface area (Å²) in [5, 5.41) is 3.06. The Kier molecular flexibility index (Phi) is 3.66. The molecule has 66 valence electrons. The SMILES string of the molecule is C/C=C/C#Cc1ccc(NC)cc1. The van der Waals surface area contributed by atoms with E-state index < -0.39 is 0 Å². The Bertz CT molecular complexity index is 336. The maximum atomic E-state index is 3.06. The van der Waals surface area contributed by atoms with Crippen molar-refractivity contribution in [2.45, 2.75) is 6.92 Å². The van der Waals surface area contributed by atoms with Gasteiger partial charge in [0.25, 0.3) is 0 Å². The van der Waals surface area contributed by atoms with Crippen LogP contribution in [0.15, 0.2) is 36.4 Å². The lowest BCUT2D eigenvalue weighted by atomic mass is 10.2. The Morgan fingerprint density at radius 1 is 1.23 bits per heavy atom. The highest BCUT2D eigenvalue weighted by Crippen LogP contribution is 2.06. The number of benzene rings is 1. The van der Waals surface area contributed by atoms with Crippen LogP contribution < -0.4 is 5.32 Å². The van der Waals surface area contributed by atoms with Crippen LogP contribution in [0.25, 0.3) is 0 Å². The lowest BCUT2D eigenvalue weighted by Crippen LogP contribution is -1.86. The van der Waals surface area contributed by atoms with Gasteiger partial charge in [0.1, 0.15) is 0 Å². The Hall–Kier alpha value is -1.68. The molecule has 0 amide bonds. The molecule has 0 fully saturated rings. The first-order valence-electron chi connectivity index (χ1n) is 4.27. The summed E-state index contributed by atoms with van der Waals surface area (Å²) in [7, 11) is 1.90. The van der Waals surface area contributed by atoms with Crippen molar-refractivity contribution in [2.75, 3.05) is 12.4 Å². The molecule has 0 aliphatic rings. The molecule has 0 radical (unpaired) electrons. The maximum absolute atomic E-state index is 3.06. The molecule has 1 nitrogen and oxygen atoms in total. The molecule has 0 aromatic heterocycles. The minimum Gasteiger partial charge on any atom is -0.388 e. The average Bonchev–Trinajstić information content (AvgIpc) is 2.19. The fourth-order valence-corrected chi connectivity index (χ4v) is 0.929. The van der Waals surface area contributed by atoms with Crippen molar-refractivity contribution < 1.29 is 0 Å². The summed E-state index contributed by atoms with van der Waals surface area (Å²) in [6.07, 6.45) is 3.76. The number of rotatable bonds is 1. The smallest absolute Gasteiger partial charge is 0.0338 e. The normalized spacial score (nSPS) is 9.38. The van der Waals surface area contributed by atoms with Gasteiger partial charge in [-0.05, 0) is 37.3 Å². The highest BCUT2D eigenvalue weighted by molar-refractivity contribution is 5.48. The van der Waals surface area contributed by atoms with Crippen molar-refractivity contribution >= 4 is 5.69 Å². The van der Waals surface area contributed by atoms with Gasteiger partial charge in [-0.2, -0.15) is 0 Å². The Morgan fingerprint density at radius 3 is 2.46 bits per heavy atom. The van der Waals surface area contributed by atoms with E-state index >= 15 is 0 Å². The summed E-state index contributed by atoms with van der Waals surface area (Å²) < 4.78 is 0. The quantitative estimate of drug-likeness (QED) is 0.640. The highest BCUT2D eigenvalue weighted by atomic mass is 14.8. The van der Waals surface area contributed by atoms with Crippen molar-refractivity contribution in [2.24, 2.45) is 0 Å². The third-order valence-electron chi connectivity index (χ3n) is 1.64. The first-order chi connectivity index (χ1) is 6.36. The van der Waals surface area contributed by atoms with Crippen LogP contribution in [0.2, 0.25) is 0 Å². The van der Waals surface area contributed by atoms with Crippen LogP contribution >= 0.6 is 0 Å². The largest absolute Gasteiger partial charge is 0.388 e. The van der Waals surface area contributed by atoms with E-state index in [1.807, 2.05) is 50.4 Å². The van der Waals surface area contributed by atoms with E-state index in [2.05, 4.69) is 17.2 Å². The highest BCUT2D eigenvalue weighted by Gasteiger charge is 1.86. The fourth-order valence-electron chi connectivity index (χ4n) is 0.929. The van der Waals surface area contributed by atoms with Gasteiger partial charge >= 0.3 is 0 Å². The summed E-state index contributed by atoms with van der Waals surface area (Å²) in [5.74, 6) is 5.97. The van der Waals surface area contributed by atoms with Gasteiger partial charge in [0.2, 0.25) is 0 Å². The van der Waals surface area contributed by atoms with Gasteiger partial charge < -0.3 is 5.32 Å². The predicted octanol–water partition coefficient (Wildman–Crippen LogP) is 2.66. The summed E-state index contributed by atoms with van der Waals surface area (Å²) in [6, 6.07) is 8.03. The molecule has 0 unspecified atom stereocenters. The molecule has 0 heterocycles. The van der Waals surface area contributed by atoms with Gasteiger partial charge in [-0.25, -0.2) is 0 Å². The van der Waals surface area contributed by atoms with Crippen molar-refractivity contribution in [3.63, 3.8) is 0 Å². The molecule has 1 rings (SSSR count). The third kappa shape index (κ3) is 3.04. The maximum Gasteiger partial charge on any atom is 0.0338 e. The van der Waals surface area contributed by atoms with Gasteiger partial charge in [-0.15, -0.1) is 0 Å². The Balaban J connectivity index is 2.76. The van der Waals surface area contributed by atoms with E-state index in [0.29, 0.717) is 0 Å². The lowest BCUT2D eigenvalue weighted by Gasteiger charge is -1.97. The summed E-state index contributed by atoms with van der Waals surface area (Å²) in [5.41, 5.74) is 2.15. The molecule has 13 heavy (non-hydrogen) atoms. The van der Waals surface area contributed by atoms with Crippen molar-refractivity contribution in [1.82, 2.24) is 0 Å². The molecular formula is C12H13N. The van der Waals surface area contributed by atoms with E-state index in [1.54, 1.807) is 0 Å². The summed E-state index contributed by atoms with van der Waals surface area (Å²) in [4.78, 5) is 0. The molecule has 0 saturated heterocycles. The van der Waals surface area contributed by atoms with Crippen LogP contribution in [0.1, 0.15) is 12.5 Å². The molecule has 1 aromatic rings. The zero-order chi connectivity index (χ0) is 9.52. The molecule has 0 spiro atoms. The van der Waals surface area contributed by atoms with Crippen LogP contribution in [-0.2, 0) is 0 Å². The second kappa shape index (κ2) is 5.05. The zero-order valence-electron chi connectivity index (χ0n) is 7.96. The Morgan fingerprint density at radius 2 is 1.92 bits per heavy atom. The predicted molar refractivity (Wildman–Crippen MR) is 57.7 cm³/mol. The van der Waals surface area contributed by atoms with Crippen molar-refractivity contribution in [3.8, 4) is 11.8 Å². The monoisotopic (exact) mass is 171 g/mol. The van der Waals surface area contributed by atoms with E-state index in [0.717, 1.165) is 11.3 Å². The Labute approximate surface area is 79.5 Å². The molecule has 0 aliphatic heterocycles. The number of anilines is 1. The molecular weight excluding hydrogens is 158 g/mol. The van der Waals surface area contributed by atoms with Crippen molar-refractivity contribution in [3.05, 3.63) is 42.0 Å². The summed E-state index contributed by atoms with van der Waals surface area (Å²) in [6.45, 7) is 1.96. The van der Waals surface area contributed by atoms with Crippen LogP contribution in [0.3, 0.4) is 0 Å². The molecule has 1 heteroatoms. The van der Waals surface area contributed by atoms with Crippen LogP contribution in [0, 0.1) is 11.8 Å². The van der Waals surface area contributed by atoms with Gasteiger partial charge in [0, 0.05) is 18.3 Å². The van der Waals surface area contributed by atoms with Crippen LogP contribution in [0.5, 0.6) is 0 Å². The van der Waals surface area contributed by atoms with E-state index in [1.165, 1.54) is 0 Å². The molecule has 1 N–H and O–H groups in total. The van der Waals surface area contributed by atoms with Gasteiger partial charge in [0.15, 0.2) is 0 Å². The fraction of sp³-hybridized carbons (Fsp3) is 0.167. The zero-order valence-corrected chi connectivity index (χ0v) is 7.96. The summed E-state index contributed by atoms with van der Waals surface area (Å²) >= 11 is 0. The first kappa shape index (κ1) is 9.41. The minimum atomic E-state index is 1.04. The number of allylic oxidation sites excluding steroid dienone is 2. The van der Waals surface area contributed by atoms with Crippen molar-refractivity contribution in [1.29, 1.82) is 0 Å². The number of nitrogens with one attached hydrogen (secondary N) is 1. The van der Waals surface area contributed by atoms with Crippen LogP contribution in [-0.4, -0.2) is 7.05 Å². The molecule has 0 bridgehead atoms. The number of hydrogen-bond acceptors (Lipinski definition) is 1. The minimum absolute atomic E-state index is 1.04. The van der Waals surface area contributed by atoms with Gasteiger partial charge in [-0.3, -0.25) is 0 Å². The average molecular weight is 171 g/mol. The molecule has 1 aromatic carbocycles. The van der Waals surface area contributed by atoms with Crippen LogP contribution in [0.4, 0.5) is 5.69 Å². The van der Waals surface area contributed by atoms with Gasteiger partial charge in [-0.1, -0.05) is 17.9 Å². The number of hydrogen-bond donors (Lipinski definition) is 1. The molecule has 0 aliphatic carbocycles.